The zero-order valence-electron chi connectivity index (χ0n) is 16.5. The lowest BCUT2D eigenvalue weighted by Crippen LogP contribution is -2.30. The highest BCUT2D eigenvalue weighted by molar-refractivity contribution is 6.07. The number of para-hydroxylation sites is 1. The minimum absolute atomic E-state index is 0.0701. The quantitative estimate of drug-likeness (QED) is 0.461. The standard InChI is InChI=1S/C23H20F2N2O3/c1-13(15-8-7-14(24)9-18(15)25)26-12-23(28)27-19-11-21-17(10-22(19)29-2)16-5-3-4-6-20(16)30-21/h3-11,13,26H,12H2,1-2H3,(H,27,28)/t13-/m0/s1. The Morgan fingerprint density at radius 2 is 1.87 bits per heavy atom. The number of nitrogens with one attached hydrogen (secondary N) is 2. The fraction of sp³-hybridized carbons (Fsp3) is 0.174. The minimum atomic E-state index is -0.660. The molecule has 1 amide bonds. The molecule has 0 fully saturated rings. The zero-order chi connectivity index (χ0) is 21.3. The topological polar surface area (TPSA) is 63.5 Å². The summed E-state index contributed by atoms with van der Waals surface area (Å²) in [6.07, 6.45) is 0. The Labute approximate surface area is 171 Å². The summed E-state index contributed by atoms with van der Waals surface area (Å²) < 4.78 is 38.3. The summed E-state index contributed by atoms with van der Waals surface area (Å²) in [6, 6.07) is 14.1. The van der Waals surface area contributed by atoms with E-state index < -0.39 is 17.7 Å². The van der Waals surface area contributed by atoms with E-state index in [1.807, 2.05) is 30.3 Å². The molecular formula is C23H20F2N2O3. The van der Waals surface area contributed by atoms with Crippen molar-refractivity contribution in [3.63, 3.8) is 0 Å². The van der Waals surface area contributed by atoms with Crippen molar-refractivity contribution in [1.82, 2.24) is 5.32 Å². The van der Waals surface area contributed by atoms with Crippen molar-refractivity contribution >= 4 is 33.5 Å². The van der Waals surface area contributed by atoms with Crippen LogP contribution in [-0.4, -0.2) is 19.6 Å². The van der Waals surface area contributed by atoms with Gasteiger partial charge in [-0.2, -0.15) is 0 Å². The van der Waals surface area contributed by atoms with Crippen LogP contribution < -0.4 is 15.4 Å². The van der Waals surface area contributed by atoms with Gasteiger partial charge in [0, 0.05) is 34.5 Å². The molecule has 1 atom stereocenters. The molecule has 0 radical (unpaired) electrons. The van der Waals surface area contributed by atoms with Gasteiger partial charge in [0.15, 0.2) is 0 Å². The number of carbonyl (C=O) groups is 1. The molecule has 1 heterocycles. The fourth-order valence-electron chi connectivity index (χ4n) is 3.42. The van der Waals surface area contributed by atoms with E-state index in [0.717, 1.165) is 22.4 Å². The second kappa shape index (κ2) is 8.12. The zero-order valence-corrected chi connectivity index (χ0v) is 16.5. The molecule has 154 valence electrons. The average molecular weight is 410 g/mol. The molecule has 0 saturated heterocycles. The van der Waals surface area contributed by atoms with Gasteiger partial charge in [0.25, 0.3) is 0 Å². The summed E-state index contributed by atoms with van der Waals surface area (Å²) >= 11 is 0. The summed E-state index contributed by atoms with van der Waals surface area (Å²) in [4.78, 5) is 12.5. The summed E-state index contributed by atoms with van der Waals surface area (Å²) in [5, 5.41) is 7.57. The van der Waals surface area contributed by atoms with Crippen molar-refractivity contribution in [1.29, 1.82) is 0 Å². The van der Waals surface area contributed by atoms with Gasteiger partial charge in [0.2, 0.25) is 5.91 Å². The van der Waals surface area contributed by atoms with Gasteiger partial charge in [-0.1, -0.05) is 24.3 Å². The lowest BCUT2D eigenvalue weighted by Gasteiger charge is -2.16. The van der Waals surface area contributed by atoms with Gasteiger partial charge >= 0.3 is 0 Å². The van der Waals surface area contributed by atoms with Crippen molar-refractivity contribution in [2.45, 2.75) is 13.0 Å². The molecule has 4 rings (SSSR count). The third-order valence-electron chi connectivity index (χ3n) is 4.97. The van der Waals surface area contributed by atoms with E-state index in [1.165, 1.54) is 19.2 Å². The number of hydrogen-bond donors (Lipinski definition) is 2. The molecule has 7 heteroatoms. The average Bonchev–Trinajstić information content (AvgIpc) is 3.08. The normalized spacial score (nSPS) is 12.3. The van der Waals surface area contributed by atoms with Crippen LogP contribution in [0.1, 0.15) is 18.5 Å². The Morgan fingerprint density at radius 3 is 2.63 bits per heavy atom. The maximum Gasteiger partial charge on any atom is 0.238 e. The third kappa shape index (κ3) is 3.84. The highest BCUT2D eigenvalue weighted by Crippen LogP contribution is 2.36. The van der Waals surface area contributed by atoms with Crippen molar-refractivity contribution in [2.24, 2.45) is 0 Å². The van der Waals surface area contributed by atoms with Crippen LogP contribution in [0.3, 0.4) is 0 Å². The first-order valence-electron chi connectivity index (χ1n) is 9.43. The number of halogens is 2. The second-order valence-corrected chi connectivity index (χ2v) is 6.96. The SMILES string of the molecule is COc1cc2c(cc1NC(=O)CN[C@@H](C)c1ccc(F)cc1F)oc1ccccc12. The van der Waals surface area contributed by atoms with E-state index >= 15 is 0 Å². The molecule has 0 spiro atoms. The van der Waals surface area contributed by atoms with Gasteiger partial charge in [0.05, 0.1) is 19.3 Å². The molecule has 0 aliphatic heterocycles. The molecular weight excluding hydrogens is 390 g/mol. The molecule has 0 unspecified atom stereocenters. The van der Waals surface area contributed by atoms with Crippen LogP contribution in [-0.2, 0) is 4.79 Å². The van der Waals surface area contributed by atoms with E-state index in [0.29, 0.717) is 17.0 Å². The van der Waals surface area contributed by atoms with E-state index in [1.54, 1.807) is 13.0 Å². The molecule has 0 aliphatic rings. The molecule has 0 saturated carbocycles. The first-order valence-corrected chi connectivity index (χ1v) is 9.43. The molecule has 30 heavy (non-hydrogen) atoms. The Balaban J connectivity index is 1.50. The van der Waals surface area contributed by atoms with E-state index in [2.05, 4.69) is 10.6 Å². The Morgan fingerprint density at radius 1 is 1.07 bits per heavy atom. The lowest BCUT2D eigenvalue weighted by atomic mass is 10.1. The number of amides is 1. The van der Waals surface area contributed by atoms with Gasteiger partial charge < -0.3 is 19.8 Å². The van der Waals surface area contributed by atoms with Gasteiger partial charge in [-0.05, 0) is 25.1 Å². The number of rotatable bonds is 6. The fourth-order valence-corrected chi connectivity index (χ4v) is 3.42. The smallest absolute Gasteiger partial charge is 0.238 e. The Bertz CT molecular complexity index is 1240. The highest BCUT2D eigenvalue weighted by Gasteiger charge is 2.16. The van der Waals surface area contributed by atoms with E-state index in [9.17, 15) is 13.6 Å². The number of carbonyl (C=O) groups excluding carboxylic acids is 1. The van der Waals surface area contributed by atoms with Gasteiger partial charge in [0.1, 0.15) is 28.5 Å². The van der Waals surface area contributed by atoms with Crippen LogP contribution in [0.5, 0.6) is 5.75 Å². The number of furan rings is 1. The number of anilines is 1. The first-order chi connectivity index (χ1) is 14.5. The predicted octanol–water partition coefficient (Wildman–Crippen LogP) is 5.16. The van der Waals surface area contributed by atoms with E-state index in [-0.39, 0.29) is 18.0 Å². The molecule has 0 bridgehead atoms. The van der Waals surface area contributed by atoms with Gasteiger partial charge in [-0.25, -0.2) is 8.78 Å². The number of benzene rings is 3. The third-order valence-corrected chi connectivity index (χ3v) is 4.97. The van der Waals surface area contributed by atoms with Crippen LogP contribution in [0, 0.1) is 11.6 Å². The van der Waals surface area contributed by atoms with Crippen molar-refractivity contribution in [3.05, 3.63) is 71.8 Å². The van der Waals surface area contributed by atoms with E-state index in [4.69, 9.17) is 9.15 Å². The van der Waals surface area contributed by atoms with Crippen molar-refractivity contribution < 1.29 is 22.7 Å². The van der Waals surface area contributed by atoms with Crippen LogP contribution in [0.15, 0.2) is 59.0 Å². The predicted molar refractivity (Wildman–Crippen MR) is 112 cm³/mol. The summed E-state index contributed by atoms with van der Waals surface area (Å²) in [6.45, 7) is 1.63. The number of fused-ring (bicyclic) bond motifs is 3. The molecule has 5 nitrogen and oxygen atoms in total. The second-order valence-electron chi connectivity index (χ2n) is 6.96. The van der Waals surface area contributed by atoms with Crippen molar-refractivity contribution in [2.75, 3.05) is 19.0 Å². The molecule has 3 aromatic carbocycles. The monoisotopic (exact) mass is 410 g/mol. The minimum Gasteiger partial charge on any atom is -0.495 e. The highest BCUT2D eigenvalue weighted by atomic mass is 19.1. The lowest BCUT2D eigenvalue weighted by molar-refractivity contribution is -0.115. The van der Waals surface area contributed by atoms with Gasteiger partial charge in [-0.15, -0.1) is 0 Å². The molecule has 0 aliphatic carbocycles. The largest absolute Gasteiger partial charge is 0.495 e. The summed E-state index contributed by atoms with van der Waals surface area (Å²) in [5.74, 6) is -1.14. The Hall–Kier alpha value is -3.45. The number of methoxy groups -OCH3 is 1. The maximum absolute atomic E-state index is 13.9. The van der Waals surface area contributed by atoms with Crippen molar-refractivity contribution in [3.8, 4) is 5.75 Å². The number of hydrogen-bond acceptors (Lipinski definition) is 4. The number of ether oxygens (including phenoxy) is 1. The van der Waals surface area contributed by atoms with Crippen LogP contribution >= 0.6 is 0 Å². The Kier molecular flexibility index (Phi) is 5.37. The molecule has 4 aromatic rings. The summed E-state index contributed by atoms with van der Waals surface area (Å²) in [5.41, 5.74) is 2.12. The van der Waals surface area contributed by atoms with Crippen LogP contribution in [0.25, 0.3) is 21.9 Å². The maximum atomic E-state index is 13.9. The van der Waals surface area contributed by atoms with Crippen LogP contribution in [0.2, 0.25) is 0 Å². The molecule has 2 N–H and O–H groups in total. The first kappa shape index (κ1) is 19.8. The van der Waals surface area contributed by atoms with Gasteiger partial charge in [-0.3, -0.25) is 4.79 Å². The summed E-state index contributed by atoms with van der Waals surface area (Å²) in [7, 11) is 1.52. The van der Waals surface area contributed by atoms with Crippen LogP contribution in [0.4, 0.5) is 14.5 Å². The molecule has 1 aromatic heterocycles.